The molecule has 0 aliphatic carbocycles. The summed E-state index contributed by atoms with van der Waals surface area (Å²) >= 11 is 1.63. The molecule has 1 saturated heterocycles. The van der Waals surface area contributed by atoms with Crippen molar-refractivity contribution in [3.8, 4) is 0 Å². The number of hydrogen-bond acceptors (Lipinski definition) is 5. The highest BCUT2D eigenvalue weighted by atomic mass is 32.1. The number of aryl methyl sites for hydroxylation is 2. The lowest BCUT2D eigenvalue weighted by atomic mass is 9.79. The van der Waals surface area contributed by atoms with Crippen molar-refractivity contribution in [2.24, 2.45) is 11.1 Å². The molecule has 19 heavy (non-hydrogen) atoms. The third kappa shape index (κ3) is 3.13. The predicted molar refractivity (Wildman–Crippen MR) is 75.0 cm³/mol. The quantitative estimate of drug-likeness (QED) is 0.868. The second-order valence-corrected chi connectivity index (χ2v) is 6.32. The number of nitrogens with zero attached hydrogens (tertiary/aromatic N) is 1. The fourth-order valence-corrected chi connectivity index (χ4v) is 3.12. The number of carbonyl (C=O) groups excluding carboxylic acids is 1. The molecular formula is C13H21N3O2S. The van der Waals surface area contributed by atoms with E-state index in [9.17, 15) is 4.79 Å². The van der Waals surface area contributed by atoms with Gasteiger partial charge < -0.3 is 15.8 Å². The van der Waals surface area contributed by atoms with Crippen molar-refractivity contribution in [3.05, 3.63) is 15.6 Å². The zero-order valence-electron chi connectivity index (χ0n) is 11.5. The third-order valence-electron chi connectivity index (χ3n) is 3.80. The second kappa shape index (κ2) is 5.98. The van der Waals surface area contributed by atoms with Crippen LogP contribution in [0.3, 0.4) is 0 Å². The number of rotatable bonds is 4. The van der Waals surface area contributed by atoms with E-state index in [0.29, 0.717) is 39.1 Å². The summed E-state index contributed by atoms with van der Waals surface area (Å²) in [7, 11) is 0. The number of amides is 1. The zero-order chi connectivity index (χ0) is 13.9. The largest absolute Gasteiger partial charge is 0.381 e. The normalized spacial score (nSPS) is 18.3. The maximum absolute atomic E-state index is 12.3. The van der Waals surface area contributed by atoms with Crippen molar-refractivity contribution in [2.45, 2.75) is 33.2 Å². The van der Waals surface area contributed by atoms with Crippen molar-refractivity contribution >= 4 is 17.2 Å². The van der Waals surface area contributed by atoms with Crippen LogP contribution in [0.4, 0.5) is 0 Å². The Morgan fingerprint density at radius 3 is 2.68 bits per heavy atom. The molecule has 0 radical (unpaired) electrons. The van der Waals surface area contributed by atoms with Gasteiger partial charge in [0.05, 0.1) is 17.7 Å². The summed E-state index contributed by atoms with van der Waals surface area (Å²) in [6.07, 6.45) is 1.40. The molecule has 0 spiro atoms. The fraction of sp³-hybridized carbons (Fsp3) is 0.692. The van der Waals surface area contributed by atoms with Crippen LogP contribution in [0.1, 0.15) is 28.4 Å². The topological polar surface area (TPSA) is 77.2 Å². The first kappa shape index (κ1) is 14.4. The van der Waals surface area contributed by atoms with Crippen molar-refractivity contribution in [1.29, 1.82) is 0 Å². The third-order valence-corrected chi connectivity index (χ3v) is 4.87. The van der Waals surface area contributed by atoms with E-state index in [1.165, 1.54) is 4.88 Å². The minimum Gasteiger partial charge on any atom is -0.381 e. The van der Waals surface area contributed by atoms with Crippen molar-refractivity contribution in [2.75, 3.05) is 19.8 Å². The van der Waals surface area contributed by atoms with Gasteiger partial charge >= 0.3 is 0 Å². The molecule has 0 unspecified atom stereocenters. The number of ether oxygens (including phenoxy) is 1. The number of nitrogens with one attached hydrogen (secondary N) is 1. The average molecular weight is 283 g/mol. The molecule has 1 amide bonds. The van der Waals surface area contributed by atoms with E-state index in [1.54, 1.807) is 11.3 Å². The molecule has 1 fully saturated rings. The summed E-state index contributed by atoms with van der Waals surface area (Å²) in [5.74, 6) is 0.0313. The summed E-state index contributed by atoms with van der Waals surface area (Å²) in [5, 5.41) is 3.92. The number of nitrogens with two attached hydrogens (primary N) is 1. The van der Waals surface area contributed by atoms with Gasteiger partial charge in [-0.1, -0.05) is 0 Å². The van der Waals surface area contributed by atoms with E-state index in [2.05, 4.69) is 10.3 Å². The lowest BCUT2D eigenvalue weighted by molar-refractivity contribution is -0.136. The first-order valence-corrected chi connectivity index (χ1v) is 7.38. The van der Waals surface area contributed by atoms with Gasteiger partial charge in [-0.15, -0.1) is 11.3 Å². The SMILES string of the molecule is Cc1nc(CNC(=O)C2(CN)CCOCC2)sc1C. The van der Waals surface area contributed by atoms with Crippen LogP contribution in [0.5, 0.6) is 0 Å². The van der Waals surface area contributed by atoms with Crippen LogP contribution in [0.25, 0.3) is 0 Å². The number of thiazole rings is 1. The van der Waals surface area contributed by atoms with E-state index in [1.807, 2.05) is 13.8 Å². The van der Waals surface area contributed by atoms with Crippen LogP contribution in [-0.4, -0.2) is 30.6 Å². The maximum atomic E-state index is 12.3. The highest BCUT2D eigenvalue weighted by molar-refractivity contribution is 7.11. The maximum Gasteiger partial charge on any atom is 0.228 e. The first-order valence-electron chi connectivity index (χ1n) is 6.56. The van der Waals surface area contributed by atoms with Gasteiger partial charge in [-0.3, -0.25) is 4.79 Å². The zero-order valence-corrected chi connectivity index (χ0v) is 12.3. The Bertz CT molecular complexity index is 433. The van der Waals surface area contributed by atoms with Crippen LogP contribution in [-0.2, 0) is 16.1 Å². The van der Waals surface area contributed by atoms with E-state index in [-0.39, 0.29) is 5.91 Å². The van der Waals surface area contributed by atoms with Gasteiger partial charge in [0.25, 0.3) is 0 Å². The molecule has 0 bridgehead atoms. The minimum atomic E-state index is -0.459. The van der Waals surface area contributed by atoms with Crippen LogP contribution in [0.15, 0.2) is 0 Å². The minimum absolute atomic E-state index is 0.0313. The van der Waals surface area contributed by atoms with Crippen molar-refractivity contribution < 1.29 is 9.53 Å². The average Bonchev–Trinajstić information content (AvgIpc) is 2.76. The summed E-state index contributed by atoms with van der Waals surface area (Å²) in [6, 6.07) is 0. The molecule has 0 aromatic carbocycles. The predicted octanol–water partition coefficient (Wildman–Crippen LogP) is 1.13. The van der Waals surface area contributed by atoms with E-state index < -0.39 is 5.41 Å². The Morgan fingerprint density at radius 2 is 2.16 bits per heavy atom. The lowest BCUT2D eigenvalue weighted by Gasteiger charge is -2.34. The van der Waals surface area contributed by atoms with Gasteiger partial charge in [0, 0.05) is 24.6 Å². The van der Waals surface area contributed by atoms with E-state index >= 15 is 0 Å². The number of carbonyl (C=O) groups is 1. The van der Waals surface area contributed by atoms with Gasteiger partial charge in [0.15, 0.2) is 0 Å². The molecule has 1 aromatic rings. The van der Waals surface area contributed by atoms with Crippen LogP contribution < -0.4 is 11.1 Å². The Hall–Kier alpha value is -0.980. The Balaban J connectivity index is 1.96. The van der Waals surface area contributed by atoms with Crippen LogP contribution in [0.2, 0.25) is 0 Å². The van der Waals surface area contributed by atoms with Crippen molar-refractivity contribution in [3.63, 3.8) is 0 Å². The molecule has 2 heterocycles. The van der Waals surface area contributed by atoms with Crippen LogP contribution in [0, 0.1) is 19.3 Å². The molecule has 0 saturated carbocycles. The highest BCUT2D eigenvalue weighted by Crippen LogP contribution is 2.29. The lowest BCUT2D eigenvalue weighted by Crippen LogP contribution is -2.48. The van der Waals surface area contributed by atoms with E-state index in [0.717, 1.165) is 10.7 Å². The second-order valence-electron chi connectivity index (χ2n) is 5.03. The highest BCUT2D eigenvalue weighted by Gasteiger charge is 2.38. The molecule has 106 valence electrons. The molecule has 1 aliphatic rings. The van der Waals surface area contributed by atoms with E-state index in [4.69, 9.17) is 10.5 Å². The van der Waals surface area contributed by atoms with Crippen LogP contribution >= 0.6 is 11.3 Å². The molecular weight excluding hydrogens is 262 g/mol. The number of hydrogen-bond donors (Lipinski definition) is 2. The fourth-order valence-electron chi connectivity index (χ4n) is 2.24. The smallest absolute Gasteiger partial charge is 0.228 e. The van der Waals surface area contributed by atoms with Gasteiger partial charge in [-0.05, 0) is 26.7 Å². The van der Waals surface area contributed by atoms with Gasteiger partial charge in [-0.2, -0.15) is 0 Å². The molecule has 0 atom stereocenters. The molecule has 1 aliphatic heterocycles. The molecule has 1 aromatic heterocycles. The molecule has 2 rings (SSSR count). The summed E-state index contributed by atoms with van der Waals surface area (Å²) in [6.45, 7) is 6.11. The summed E-state index contributed by atoms with van der Waals surface area (Å²) in [4.78, 5) is 18.0. The summed E-state index contributed by atoms with van der Waals surface area (Å²) in [5.41, 5.74) is 6.38. The molecule has 3 N–H and O–H groups in total. The monoisotopic (exact) mass is 283 g/mol. The van der Waals surface area contributed by atoms with Gasteiger partial charge in [0.1, 0.15) is 5.01 Å². The Labute approximate surface area is 117 Å². The molecule has 5 nitrogen and oxygen atoms in total. The number of aromatic nitrogens is 1. The summed E-state index contributed by atoms with van der Waals surface area (Å²) < 4.78 is 5.31. The van der Waals surface area contributed by atoms with Gasteiger partial charge in [0.2, 0.25) is 5.91 Å². The Morgan fingerprint density at radius 1 is 1.47 bits per heavy atom. The van der Waals surface area contributed by atoms with Crippen molar-refractivity contribution in [1.82, 2.24) is 10.3 Å². The molecule has 6 heteroatoms. The van der Waals surface area contributed by atoms with Gasteiger partial charge in [-0.25, -0.2) is 4.98 Å². The Kier molecular flexibility index (Phi) is 4.54. The standard InChI is InChI=1S/C13H21N3O2S/c1-9-10(2)19-11(16-9)7-15-12(17)13(8-14)3-5-18-6-4-13/h3-8,14H2,1-2H3,(H,15,17). The first-order chi connectivity index (χ1) is 9.07.